The fourth-order valence-electron chi connectivity index (χ4n) is 1.77. The van der Waals surface area contributed by atoms with Crippen LogP contribution in [0.5, 0.6) is 0 Å². The topological polar surface area (TPSA) is 47.8 Å². The molecule has 0 aliphatic carbocycles. The fourth-order valence-corrected chi connectivity index (χ4v) is 2.27. The summed E-state index contributed by atoms with van der Waals surface area (Å²) in [5.74, 6) is -3.05. The van der Waals surface area contributed by atoms with E-state index in [0.29, 0.717) is 23.2 Å². The lowest BCUT2D eigenvalue weighted by Crippen LogP contribution is -2.26. The summed E-state index contributed by atoms with van der Waals surface area (Å²) < 4.78 is 27.5. The highest BCUT2D eigenvalue weighted by atomic mass is 35.5. The minimum absolute atomic E-state index is 0.203. The van der Waals surface area contributed by atoms with Crippen molar-refractivity contribution in [1.82, 2.24) is 14.8 Å². The van der Waals surface area contributed by atoms with Gasteiger partial charge in [0.05, 0.1) is 16.3 Å². The molecule has 2 aromatic rings. The van der Waals surface area contributed by atoms with E-state index in [9.17, 15) is 13.6 Å². The molecule has 2 rings (SSSR count). The van der Waals surface area contributed by atoms with Crippen LogP contribution in [0.3, 0.4) is 0 Å². The van der Waals surface area contributed by atoms with E-state index in [0.717, 1.165) is 10.7 Å². The third-order valence-corrected chi connectivity index (χ3v) is 3.54. The smallest absolute Gasteiger partial charge is 0.267 e. The molecule has 0 atom stereocenters. The SMILES string of the molecule is Cc1cc(Cl)c(C)nc1-n1nc(Cl)c(C(C)(F)F)cc1=O. The van der Waals surface area contributed by atoms with Crippen molar-refractivity contribution in [2.24, 2.45) is 0 Å². The predicted octanol–water partition coefficient (Wildman–Crippen LogP) is 3.66. The predicted molar refractivity (Wildman–Crippen MR) is 76.7 cm³/mol. The van der Waals surface area contributed by atoms with Gasteiger partial charge in [0.1, 0.15) is 0 Å². The van der Waals surface area contributed by atoms with Gasteiger partial charge in [-0.05, 0) is 25.5 Å². The lowest BCUT2D eigenvalue weighted by atomic mass is 10.2. The number of hydrogen-bond donors (Lipinski definition) is 0. The lowest BCUT2D eigenvalue weighted by Gasteiger charge is -2.14. The van der Waals surface area contributed by atoms with Crippen LogP contribution >= 0.6 is 23.2 Å². The molecule has 2 aromatic heterocycles. The van der Waals surface area contributed by atoms with Crippen molar-refractivity contribution in [1.29, 1.82) is 0 Å². The molecule has 0 amide bonds. The van der Waals surface area contributed by atoms with Crippen LogP contribution in [0.2, 0.25) is 10.2 Å². The van der Waals surface area contributed by atoms with Crippen molar-refractivity contribution >= 4 is 23.2 Å². The number of aromatic nitrogens is 3. The molecule has 0 saturated carbocycles. The second kappa shape index (κ2) is 5.35. The maximum absolute atomic E-state index is 13.3. The zero-order valence-electron chi connectivity index (χ0n) is 11.4. The first-order chi connectivity index (χ1) is 9.61. The average Bonchev–Trinajstić information content (AvgIpc) is 2.35. The number of rotatable bonds is 2. The number of aryl methyl sites for hydroxylation is 2. The van der Waals surface area contributed by atoms with Gasteiger partial charge >= 0.3 is 0 Å². The Bertz CT molecular complexity index is 769. The van der Waals surface area contributed by atoms with E-state index < -0.39 is 22.2 Å². The lowest BCUT2D eigenvalue weighted by molar-refractivity contribution is 0.0169. The largest absolute Gasteiger partial charge is 0.273 e. The molecule has 0 N–H and O–H groups in total. The maximum Gasteiger partial charge on any atom is 0.273 e. The average molecular weight is 334 g/mol. The molecule has 112 valence electrons. The number of alkyl halides is 2. The number of halogens is 4. The molecule has 0 saturated heterocycles. The molecule has 4 nitrogen and oxygen atoms in total. The molecular weight excluding hydrogens is 323 g/mol. The Morgan fingerprint density at radius 1 is 1.24 bits per heavy atom. The van der Waals surface area contributed by atoms with Crippen molar-refractivity contribution in [2.45, 2.75) is 26.7 Å². The molecule has 0 aliphatic heterocycles. The van der Waals surface area contributed by atoms with E-state index in [2.05, 4.69) is 10.1 Å². The summed E-state index contributed by atoms with van der Waals surface area (Å²) in [5.41, 5.74) is -0.290. The molecule has 0 bridgehead atoms. The summed E-state index contributed by atoms with van der Waals surface area (Å²) in [4.78, 5) is 16.2. The molecule has 8 heteroatoms. The quantitative estimate of drug-likeness (QED) is 0.842. The molecule has 21 heavy (non-hydrogen) atoms. The van der Waals surface area contributed by atoms with Gasteiger partial charge in [0.2, 0.25) is 0 Å². The Kier molecular flexibility index (Phi) is 4.04. The molecule has 0 aromatic carbocycles. The number of pyridine rings is 1. The first kappa shape index (κ1) is 15.9. The summed E-state index contributed by atoms with van der Waals surface area (Å²) in [6.07, 6.45) is 0. The summed E-state index contributed by atoms with van der Waals surface area (Å²) in [6.45, 7) is 3.99. The molecule has 0 aliphatic rings. The van der Waals surface area contributed by atoms with Crippen LogP contribution in [0.4, 0.5) is 8.78 Å². The van der Waals surface area contributed by atoms with Gasteiger partial charge in [-0.2, -0.15) is 9.78 Å². The van der Waals surface area contributed by atoms with E-state index in [1.165, 1.54) is 0 Å². The van der Waals surface area contributed by atoms with Crippen molar-refractivity contribution in [3.8, 4) is 5.82 Å². The summed E-state index contributed by atoms with van der Waals surface area (Å²) >= 11 is 11.7. The van der Waals surface area contributed by atoms with Crippen molar-refractivity contribution in [3.05, 3.63) is 49.5 Å². The zero-order chi connectivity index (χ0) is 15.9. The Balaban J connectivity index is 2.70. The first-order valence-electron chi connectivity index (χ1n) is 5.93. The highest BCUT2D eigenvalue weighted by Crippen LogP contribution is 2.30. The maximum atomic E-state index is 13.3. The van der Waals surface area contributed by atoms with E-state index in [1.807, 2.05) is 0 Å². The van der Waals surface area contributed by atoms with Crippen LogP contribution in [0.1, 0.15) is 23.7 Å². The van der Waals surface area contributed by atoms with Gasteiger partial charge in [-0.25, -0.2) is 13.8 Å². The van der Waals surface area contributed by atoms with Gasteiger partial charge < -0.3 is 0 Å². The number of nitrogens with zero attached hydrogens (tertiary/aromatic N) is 3. The third-order valence-electron chi connectivity index (χ3n) is 2.88. The summed E-state index contributed by atoms with van der Waals surface area (Å²) in [5, 5.41) is 3.71. The van der Waals surface area contributed by atoms with Crippen LogP contribution < -0.4 is 5.56 Å². The third kappa shape index (κ3) is 3.06. The molecule has 0 fully saturated rings. The van der Waals surface area contributed by atoms with E-state index in [4.69, 9.17) is 23.2 Å². The number of hydrogen-bond acceptors (Lipinski definition) is 3. The second-order valence-corrected chi connectivity index (χ2v) is 5.45. The van der Waals surface area contributed by atoms with Crippen LogP contribution in [0, 0.1) is 13.8 Å². The van der Waals surface area contributed by atoms with Gasteiger partial charge in [-0.1, -0.05) is 23.2 Å². The van der Waals surface area contributed by atoms with Gasteiger partial charge in [-0.15, -0.1) is 0 Å². The zero-order valence-corrected chi connectivity index (χ0v) is 12.9. The van der Waals surface area contributed by atoms with Gasteiger partial charge in [0.25, 0.3) is 11.5 Å². The van der Waals surface area contributed by atoms with Crippen molar-refractivity contribution in [2.75, 3.05) is 0 Å². The van der Waals surface area contributed by atoms with Gasteiger partial charge in [0.15, 0.2) is 11.0 Å². The fraction of sp³-hybridized carbons (Fsp3) is 0.308. The van der Waals surface area contributed by atoms with E-state index in [1.54, 1.807) is 19.9 Å². The van der Waals surface area contributed by atoms with E-state index in [-0.39, 0.29) is 5.82 Å². The minimum Gasteiger partial charge on any atom is -0.267 e. The van der Waals surface area contributed by atoms with Crippen LogP contribution in [0.25, 0.3) is 5.82 Å². The Hall–Kier alpha value is -1.53. The minimum atomic E-state index is -3.25. The summed E-state index contributed by atoms with van der Waals surface area (Å²) in [7, 11) is 0. The normalized spacial score (nSPS) is 11.8. The second-order valence-electron chi connectivity index (χ2n) is 4.68. The molecule has 2 heterocycles. The summed E-state index contributed by atoms with van der Waals surface area (Å²) in [6, 6.07) is 2.38. The first-order valence-corrected chi connectivity index (χ1v) is 6.69. The molecular formula is C13H11Cl2F2N3O. The van der Waals surface area contributed by atoms with Gasteiger partial charge in [-0.3, -0.25) is 4.79 Å². The highest BCUT2D eigenvalue weighted by molar-refractivity contribution is 6.31. The van der Waals surface area contributed by atoms with Crippen LogP contribution in [-0.2, 0) is 5.92 Å². The van der Waals surface area contributed by atoms with Crippen LogP contribution in [0.15, 0.2) is 16.9 Å². The monoisotopic (exact) mass is 333 g/mol. The molecule has 0 unspecified atom stereocenters. The van der Waals surface area contributed by atoms with Gasteiger partial charge in [0, 0.05) is 13.0 Å². The molecule has 0 radical (unpaired) electrons. The molecule has 0 spiro atoms. The van der Waals surface area contributed by atoms with Crippen molar-refractivity contribution < 1.29 is 8.78 Å². The Morgan fingerprint density at radius 3 is 2.43 bits per heavy atom. The Labute approximate surface area is 129 Å². The standard InChI is InChI=1S/C13H11Cl2F2N3O/c1-6-4-9(14)7(2)18-12(6)20-10(21)5-8(11(15)19-20)13(3,16)17/h4-5H,1-3H3. The van der Waals surface area contributed by atoms with E-state index >= 15 is 0 Å². The van der Waals surface area contributed by atoms with Crippen LogP contribution in [-0.4, -0.2) is 14.8 Å². The van der Waals surface area contributed by atoms with Crippen molar-refractivity contribution in [3.63, 3.8) is 0 Å². The highest BCUT2D eigenvalue weighted by Gasteiger charge is 2.29. The Morgan fingerprint density at radius 2 is 1.86 bits per heavy atom.